The summed E-state index contributed by atoms with van der Waals surface area (Å²) >= 11 is 0. The Kier molecular flexibility index (Phi) is 4.77. The number of carbonyl (C=O) groups excluding carboxylic acids is 2. The molecule has 31 heavy (non-hydrogen) atoms. The van der Waals surface area contributed by atoms with Crippen molar-refractivity contribution in [3.05, 3.63) is 54.9 Å². The molecule has 0 saturated heterocycles. The molecule has 2 aromatic heterocycles. The van der Waals surface area contributed by atoms with Crippen molar-refractivity contribution in [3.63, 3.8) is 0 Å². The van der Waals surface area contributed by atoms with E-state index in [-0.39, 0.29) is 23.8 Å². The second-order valence-electron chi connectivity index (χ2n) is 8.29. The van der Waals surface area contributed by atoms with E-state index in [1.165, 1.54) is 0 Å². The van der Waals surface area contributed by atoms with E-state index in [2.05, 4.69) is 15.1 Å². The Morgan fingerprint density at radius 1 is 1.10 bits per heavy atom. The average Bonchev–Trinajstić information content (AvgIpc) is 3.52. The molecule has 158 valence electrons. The summed E-state index contributed by atoms with van der Waals surface area (Å²) in [6, 6.07) is 5.86. The van der Waals surface area contributed by atoms with Crippen LogP contribution in [0.2, 0.25) is 0 Å². The van der Waals surface area contributed by atoms with Crippen LogP contribution in [0, 0.1) is 5.92 Å². The van der Waals surface area contributed by atoms with Gasteiger partial charge < -0.3 is 9.80 Å². The van der Waals surface area contributed by atoms with Crippen LogP contribution in [0.4, 0.5) is 11.4 Å². The van der Waals surface area contributed by atoms with Crippen LogP contribution in [-0.4, -0.2) is 44.1 Å². The van der Waals surface area contributed by atoms with Crippen molar-refractivity contribution in [1.82, 2.24) is 19.7 Å². The third kappa shape index (κ3) is 3.69. The van der Waals surface area contributed by atoms with E-state index in [0.717, 1.165) is 41.0 Å². The summed E-state index contributed by atoms with van der Waals surface area (Å²) in [5.74, 6) is 0.255. The van der Waals surface area contributed by atoms with Gasteiger partial charge in [-0.1, -0.05) is 6.07 Å². The Labute approximate surface area is 180 Å². The summed E-state index contributed by atoms with van der Waals surface area (Å²) in [4.78, 5) is 37.4. The third-order valence-electron chi connectivity index (χ3n) is 5.85. The number of carbonyl (C=O) groups is 2. The third-order valence-corrected chi connectivity index (χ3v) is 5.85. The molecule has 0 bridgehead atoms. The van der Waals surface area contributed by atoms with Gasteiger partial charge in [0.2, 0.25) is 11.8 Å². The first-order valence-electron chi connectivity index (χ1n) is 10.5. The number of rotatable bonds is 4. The first kappa shape index (κ1) is 19.4. The zero-order valence-corrected chi connectivity index (χ0v) is 17.6. The summed E-state index contributed by atoms with van der Waals surface area (Å²) in [6.45, 7) is 4.60. The standard InChI is InChI=1S/C23H24N6O2/c1-15-12-28(23(31)17-3-4-17)22-9-18(5-6-21(22)29(15)16(2)30)19-10-26-27(13-19)14-20-11-24-7-8-25-20/h5-11,13,15,17H,3-4,12,14H2,1-2H3. The van der Waals surface area contributed by atoms with Crippen molar-refractivity contribution >= 4 is 23.2 Å². The van der Waals surface area contributed by atoms with E-state index in [4.69, 9.17) is 0 Å². The minimum atomic E-state index is -0.0618. The van der Waals surface area contributed by atoms with Crippen molar-refractivity contribution in [3.8, 4) is 11.1 Å². The number of aromatic nitrogens is 4. The molecule has 0 radical (unpaired) electrons. The van der Waals surface area contributed by atoms with Crippen LogP contribution in [0.3, 0.4) is 0 Å². The Morgan fingerprint density at radius 2 is 1.94 bits per heavy atom. The molecule has 3 aromatic rings. The molecule has 8 nitrogen and oxygen atoms in total. The molecule has 3 heterocycles. The highest BCUT2D eigenvalue weighted by molar-refractivity contribution is 6.06. The number of nitrogens with zero attached hydrogens (tertiary/aromatic N) is 6. The lowest BCUT2D eigenvalue weighted by Crippen LogP contribution is -2.51. The highest BCUT2D eigenvalue weighted by atomic mass is 16.2. The van der Waals surface area contributed by atoms with Crippen molar-refractivity contribution in [2.24, 2.45) is 5.92 Å². The zero-order chi connectivity index (χ0) is 21.5. The molecule has 2 amide bonds. The molecule has 1 saturated carbocycles. The van der Waals surface area contributed by atoms with Crippen molar-refractivity contribution in [1.29, 1.82) is 0 Å². The number of anilines is 2. The van der Waals surface area contributed by atoms with Gasteiger partial charge in [-0.05, 0) is 37.5 Å². The van der Waals surface area contributed by atoms with Crippen LogP contribution >= 0.6 is 0 Å². The van der Waals surface area contributed by atoms with Gasteiger partial charge in [-0.2, -0.15) is 5.10 Å². The minimum absolute atomic E-state index is 0.0168. The average molecular weight is 416 g/mol. The number of hydrogen-bond donors (Lipinski definition) is 0. The van der Waals surface area contributed by atoms with Crippen LogP contribution in [0.5, 0.6) is 0 Å². The fourth-order valence-electron chi connectivity index (χ4n) is 4.22. The fraction of sp³-hybridized carbons (Fsp3) is 0.348. The molecule has 1 fully saturated rings. The molecule has 1 unspecified atom stereocenters. The summed E-state index contributed by atoms with van der Waals surface area (Å²) in [7, 11) is 0. The Hall–Kier alpha value is -3.55. The maximum Gasteiger partial charge on any atom is 0.230 e. The molecular formula is C23H24N6O2. The van der Waals surface area contributed by atoms with Crippen molar-refractivity contribution in [2.45, 2.75) is 39.3 Å². The van der Waals surface area contributed by atoms with Gasteiger partial charge in [-0.15, -0.1) is 0 Å². The Balaban J connectivity index is 1.50. The highest BCUT2D eigenvalue weighted by Gasteiger charge is 2.39. The second-order valence-corrected chi connectivity index (χ2v) is 8.29. The summed E-state index contributed by atoms with van der Waals surface area (Å²) in [5, 5.41) is 4.45. The lowest BCUT2D eigenvalue weighted by atomic mass is 10.0. The largest absolute Gasteiger partial charge is 0.308 e. The highest BCUT2D eigenvalue weighted by Crippen LogP contribution is 2.42. The minimum Gasteiger partial charge on any atom is -0.308 e. The van der Waals surface area contributed by atoms with Crippen LogP contribution in [0.15, 0.2) is 49.2 Å². The van der Waals surface area contributed by atoms with Crippen molar-refractivity contribution in [2.75, 3.05) is 16.3 Å². The van der Waals surface area contributed by atoms with E-state index in [1.807, 2.05) is 40.9 Å². The lowest BCUT2D eigenvalue weighted by molar-refractivity contribution is -0.120. The number of benzene rings is 1. The maximum atomic E-state index is 13.0. The fourth-order valence-corrected chi connectivity index (χ4v) is 4.22. The first-order chi connectivity index (χ1) is 15.0. The van der Waals surface area contributed by atoms with E-state index in [0.29, 0.717) is 13.1 Å². The number of amides is 2. The maximum absolute atomic E-state index is 13.0. The summed E-state index contributed by atoms with van der Waals surface area (Å²) < 4.78 is 1.82. The van der Waals surface area contributed by atoms with E-state index >= 15 is 0 Å². The molecule has 1 aliphatic heterocycles. The zero-order valence-electron chi connectivity index (χ0n) is 17.6. The van der Waals surface area contributed by atoms with Gasteiger partial charge in [-0.3, -0.25) is 24.2 Å². The normalized spacial score (nSPS) is 18.1. The molecule has 5 rings (SSSR count). The predicted octanol–water partition coefficient (Wildman–Crippen LogP) is 2.89. The topological polar surface area (TPSA) is 84.2 Å². The van der Waals surface area contributed by atoms with Crippen LogP contribution in [0.1, 0.15) is 32.4 Å². The SMILES string of the molecule is CC(=O)N1c2ccc(-c3cnn(Cc4cnccn4)c3)cc2N(C(=O)C2CC2)CC1C. The van der Waals surface area contributed by atoms with E-state index in [1.54, 1.807) is 36.6 Å². The van der Waals surface area contributed by atoms with Gasteiger partial charge in [0.15, 0.2) is 0 Å². The quantitative estimate of drug-likeness (QED) is 0.653. The molecule has 1 atom stereocenters. The molecular weight excluding hydrogens is 392 g/mol. The van der Waals surface area contributed by atoms with E-state index < -0.39 is 0 Å². The van der Waals surface area contributed by atoms with Gasteiger partial charge in [0.1, 0.15) is 0 Å². The smallest absolute Gasteiger partial charge is 0.230 e. The molecule has 1 aromatic carbocycles. The number of hydrogen-bond acceptors (Lipinski definition) is 5. The first-order valence-corrected chi connectivity index (χ1v) is 10.5. The lowest BCUT2D eigenvalue weighted by Gasteiger charge is -2.41. The van der Waals surface area contributed by atoms with Gasteiger partial charge in [0, 0.05) is 43.5 Å². The van der Waals surface area contributed by atoms with Crippen LogP contribution < -0.4 is 9.80 Å². The molecule has 1 aliphatic carbocycles. The molecule has 0 spiro atoms. The van der Waals surface area contributed by atoms with Gasteiger partial charge in [0.05, 0.1) is 42.0 Å². The van der Waals surface area contributed by atoms with Crippen molar-refractivity contribution < 1.29 is 9.59 Å². The Bertz CT molecular complexity index is 1140. The molecule has 2 aliphatic rings. The number of fused-ring (bicyclic) bond motifs is 1. The second kappa shape index (κ2) is 7.61. The Morgan fingerprint density at radius 3 is 2.65 bits per heavy atom. The van der Waals surface area contributed by atoms with Gasteiger partial charge >= 0.3 is 0 Å². The van der Waals surface area contributed by atoms with Gasteiger partial charge in [-0.25, -0.2) is 0 Å². The monoisotopic (exact) mass is 416 g/mol. The van der Waals surface area contributed by atoms with Crippen LogP contribution in [0.25, 0.3) is 11.1 Å². The summed E-state index contributed by atoms with van der Waals surface area (Å²) in [6.07, 6.45) is 10.7. The molecule has 0 N–H and O–H groups in total. The van der Waals surface area contributed by atoms with Crippen LogP contribution in [-0.2, 0) is 16.1 Å². The predicted molar refractivity (Wildman–Crippen MR) is 116 cm³/mol. The summed E-state index contributed by atoms with van der Waals surface area (Å²) in [5.41, 5.74) is 4.31. The molecule has 8 heteroatoms. The van der Waals surface area contributed by atoms with Gasteiger partial charge in [0.25, 0.3) is 0 Å². The van der Waals surface area contributed by atoms with E-state index in [9.17, 15) is 9.59 Å².